The molecule has 22 heavy (non-hydrogen) atoms. The molecule has 120 valence electrons. The Labute approximate surface area is 136 Å². The molecule has 5 heteroatoms. The highest BCUT2D eigenvalue weighted by molar-refractivity contribution is 8.13. The van der Waals surface area contributed by atoms with E-state index in [1.807, 2.05) is 17.0 Å². The van der Waals surface area contributed by atoms with Crippen molar-refractivity contribution in [3.8, 4) is 5.75 Å². The normalized spacial score (nSPS) is 17.8. The molecule has 1 aromatic rings. The van der Waals surface area contributed by atoms with Gasteiger partial charge in [0.1, 0.15) is 5.75 Å². The van der Waals surface area contributed by atoms with Crippen LogP contribution in [0.25, 0.3) is 0 Å². The molecule has 2 rings (SSSR count). The zero-order valence-electron chi connectivity index (χ0n) is 13.2. The fourth-order valence-corrected chi connectivity index (χ4v) is 3.38. The van der Waals surface area contributed by atoms with E-state index < -0.39 is 0 Å². The van der Waals surface area contributed by atoms with Crippen LogP contribution in [-0.2, 0) is 16.0 Å². The van der Waals surface area contributed by atoms with E-state index in [1.54, 1.807) is 14.0 Å². The molecule has 0 aliphatic carbocycles. The van der Waals surface area contributed by atoms with Crippen molar-refractivity contribution in [2.75, 3.05) is 26.0 Å². The Balaban J connectivity index is 1.72. The van der Waals surface area contributed by atoms with Gasteiger partial charge in [0.2, 0.25) is 5.91 Å². The van der Waals surface area contributed by atoms with Crippen LogP contribution < -0.4 is 4.74 Å². The first-order valence-electron chi connectivity index (χ1n) is 7.62. The zero-order chi connectivity index (χ0) is 15.9. The minimum absolute atomic E-state index is 0.130. The van der Waals surface area contributed by atoms with Crippen LogP contribution in [0.3, 0.4) is 0 Å². The van der Waals surface area contributed by atoms with Crippen molar-refractivity contribution in [1.29, 1.82) is 0 Å². The van der Waals surface area contributed by atoms with Gasteiger partial charge in [-0.15, -0.1) is 0 Å². The molecular formula is C17H23NO3S. The highest BCUT2D eigenvalue weighted by Crippen LogP contribution is 2.22. The highest BCUT2D eigenvalue weighted by atomic mass is 32.2. The predicted molar refractivity (Wildman–Crippen MR) is 89.1 cm³/mol. The molecule has 1 atom stereocenters. The quantitative estimate of drug-likeness (QED) is 0.775. The van der Waals surface area contributed by atoms with Gasteiger partial charge in [-0.3, -0.25) is 9.59 Å². The van der Waals surface area contributed by atoms with Crippen molar-refractivity contribution < 1.29 is 14.3 Å². The van der Waals surface area contributed by atoms with Crippen LogP contribution in [0, 0.1) is 5.92 Å². The number of methoxy groups -OCH3 is 1. The molecule has 0 N–H and O–H groups in total. The van der Waals surface area contributed by atoms with Crippen molar-refractivity contribution in [2.24, 2.45) is 5.92 Å². The largest absolute Gasteiger partial charge is 0.497 e. The summed E-state index contributed by atoms with van der Waals surface area (Å²) in [5.74, 6) is 2.17. The van der Waals surface area contributed by atoms with Gasteiger partial charge in [0, 0.05) is 32.2 Å². The van der Waals surface area contributed by atoms with Gasteiger partial charge in [-0.25, -0.2) is 0 Å². The van der Waals surface area contributed by atoms with E-state index >= 15 is 0 Å². The Hall–Kier alpha value is -1.49. The van der Waals surface area contributed by atoms with Gasteiger partial charge in [0.15, 0.2) is 5.12 Å². The predicted octanol–water partition coefficient (Wildman–Crippen LogP) is 2.76. The van der Waals surface area contributed by atoms with Gasteiger partial charge in [-0.2, -0.15) is 0 Å². The zero-order valence-corrected chi connectivity index (χ0v) is 14.0. The maximum Gasteiger partial charge on any atom is 0.222 e. The summed E-state index contributed by atoms with van der Waals surface area (Å²) < 4.78 is 5.14. The second kappa shape index (κ2) is 8.22. The lowest BCUT2D eigenvalue weighted by molar-refractivity contribution is -0.127. The van der Waals surface area contributed by atoms with Crippen molar-refractivity contribution >= 4 is 22.8 Å². The molecule has 1 fully saturated rings. The molecule has 1 aromatic carbocycles. The smallest absolute Gasteiger partial charge is 0.222 e. The molecule has 1 amide bonds. The first-order chi connectivity index (χ1) is 10.6. The molecule has 0 spiro atoms. The second-order valence-corrected chi connectivity index (χ2v) is 6.86. The number of carbonyl (C=O) groups excluding carboxylic acids is 2. The molecule has 1 unspecified atom stereocenters. The number of aryl methyl sites for hydroxylation is 1. The number of amides is 1. The summed E-state index contributed by atoms with van der Waals surface area (Å²) >= 11 is 1.33. The molecule has 1 aliphatic heterocycles. The summed E-state index contributed by atoms with van der Waals surface area (Å²) in [6, 6.07) is 8.06. The molecule has 0 radical (unpaired) electrons. The van der Waals surface area contributed by atoms with Gasteiger partial charge in [0.05, 0.1) is 7.11 Å². The maximum absolute atomic E-state index is 12.0. The average molecular weight is 321 g/mol. The summed E-state index contributed by atoms with van der Waals surface area (Å²) in [5.41, 5.74) is 1.26. The monoisotopic (exact) mass is 321 g/mol. The van der Waals surface area contributed by atoms with Crippen molar-refractivity contribution in [2.45, 2.75) is 26.2 Å². The minimum atomic E-state index is 0.130. The highest BCUT2D eigenvalue weighted by Gasteiger charge is 2.29. The van der Waals surface area contributed by atoms with E-state index in [0.29, 0.717) is 12.3 Å². The Morgan fingerprint density at radius 2 is 2.09 bits per heavy atom. The molecule has 0 saturated carbocycles. The average Bonchev–Trinajstić information content (AvgIpc) is 2.86. The van der Waals surface area contributed by atoms with Crippen LogP contribution in [0.15, 0.2) is 24.3 Å². The summed E-state index contributed by atoms with van der Waals surface area (Å²) in [4.78, 5) is 24.9. The van der Waals surface area contributed by atoms with Gasteiger partial charge in [-0.1, -0.05) is 23.9 Å². The summed E-state index contributed by atoms with van der Waals surface area (Å²) in [6.07, 6.45) is 2.51. The first kappa shape index (κ1) is 16.9. The SMILES string of the molecule is COc1ccc(CCCN2CC(CSC(C)=O)CC2=O)cc1. The number of benzene rings is 1. The lowest BCUT2D eigenvalue weighted by Gasteiger charge is -2.16. The van der Waals surface area contributed by atoms with Crippen LogP contribution >= 0.6 is 11.8 Å². The number of ether oxygens (including phenoxy) is 1. The summed E-state index contributed by atoms with van der Waals surface area (Å²) in [7, 11) is 1.66. The molecule has 1 heterocycles. The number of hydrogen-bond acceptors (Lipinski definition) is 4. The maximum atomic E-state index is 12.0. The minimum Gasteiger partial charge on any atom is -0.497 e. The number of hydrogen-bond donors (Lipinski definition) is 0. The summed E-state index contributed by atoms with van der Waals surface area (Å²) in [6.45, 7) is 3.17. The molecule has 0 bridgehead atoms. The van der Waals surface area contributed by atoms with E-state index in [0.717, 1.165) is 37.4 Å². The third kappa shape index (κ3) is 5.05. The van der Waals surface area contributed by atoms with Crippen LogP contribution in [0.1, 0.15) is 25.3 Å². The van der Waals surface area contributed by atoms with Gasteiger partial charge < -0.3 is 9.64 Å². The molecule has 1 saturated heterocycles. The molecule has 1 aliphatic rings. The fourth-order valence-electron chi connectivity index (χ4n) is 2.68. The van der Waals surface area contributed by atoms with Crippen molar-refractivity contribution in [3.05, 3.63) is 29.8 Å². The topological polar surface area (TPSA) is 46.6 Å². The lowest BCUT2D eigenvalue weighted by Crippen LogP contribution is -2.26. The Bertz CT molecular complexity index is 515. The molecular weight excluding hydrogens is 298 g/mol. The number of thioether (sulfide) groups is 1. The second-order valence-electron chi connectivity index (χ2n) is 5.66. The van der Waals surface area contributed by atoms with E-state index in [9.17, 15) is 9.59 Å². The van der Waals surface area contributed by atoms with Crippen LogP contribution in [0.4, 0.5) is 0 Å². The number of nitrogens with zero attached hydrogens (tertiary/aromatic N) is 1. The standard InChI is InChI=1S/C17H23NO3S/c1-13(19)22-12-15-10-17(20)18(11-15)9-3-4-14-5-7-16(21-2)8-6-14/h5-8,15H,3-4,9-12H2,1-2H3. The van der Waals surface area contributed by atoms with Crippen LogP contribution in [0.2, 0.25) is 0 Å². The van der Waals surface area contributed by atoms with Gasteiger partial charge >= 0.3 is 0 Å². The fraction of sp³-hybridized carbons (Fsp3) is 0.529. The number of likely N-dealkylation sites (tertiary alicyclic amines) is 1. The third-order valence-electron chi connectivity index (χ3n) is 3.87. The van der Waals surface area contributed by atoms with E-state index in [1.165, 1.54) is 17.3 Å². The number of carbonyl (C=O) groups is 2. The Morgan fingerprint density at radius 1 is 1.36 bits per heavy atom. The van der Waals surface area contributed by atoms with Gasteiger partial charge in [0.25, 0.3) is 0 Å². The first-order valence-corrected chi connectivity index (χ1v) is 8.61. The lowest BCUT2D eigenvalue weighted by atomic mass is 10.1. The Morgan fingerprint density at radius 3 is 2.73 bits per heavy atom. The van der Waals surface area contributed by atoms with E-state index in [2.05, 4.69) is 12.1 Å². The van der Waals surface area contributed by atoms with E-state index in [4.69, 9.17) is 4.74 Å². The number of rotatable bonds is 7. The van der Waals surface area contributed by atoms with Gasteiger partial charge in [-0.05, 0) is 36.5 Å². The van der Waals surface area contributed by atoms with Crippen molar-refractivity contribution in [3.63, 3.8) is 0 Å². The van der Waals surface area contributed by atoms with E-state index in [-0.39, 0.29) is 11.0 Å². The third-order valence-corrected chi connectivity index (χ3v) is 4.91. The molecule has 0 aromatic heterocycles. The summed E-state index contributed by atoms with van der Waals surface area (Å²) in [5, 5.41) is 0.130. The molecule has 4 nitrogen and oxygen atoms in total. The van der Waals surface area contributed by atoms with Crippen LogP contribution in [-0.4, -0.2) is 41.9 Å². The van der Waals surface area contributed by atoms with Crippen LogP contribution in [0.5, 0.6) is 5.75 Å². The Kier molecular flexibility index (Phi) is 6.31. The van der Waals surface area contributed by atoms with Crippen molar-refractivity contribution in [1.82, 2.24) is 4.90 Å².